The second-order valence-corrected chi connectivity index (χ2v) is 7.90. The van der Waals surface area contributed by atoms with Crippen LogP contribution in [0.2, 0.25) is 0 Å². The van der Waals surface area contributed by atoms with E-state index in [4.69, 9.17) is 0 Å². The largest absolute Gasteiger partial charge is 0.463 e. The molecular weight excluding hydrogens is 513 g/mol. The quantitative estimate of drug-likeness (QED) is 0.254. The van der Waals surface area contributed by atoms with Gasteiger partial charge in [0.1, 0.15) is 0 Å². The Labute approximate surface area is 170 Å². The Balaban J connectivity index is 6.61. The van der Waals surface area contributed by atoms with Crippen LogP contribution in [0, 0.1) is 0 Å². The summed E-state index contributed by atoms with van der Waals surface area (Å²) in [6.07, 6.45) is -7.83. The van der Waals surface area contributed by atoms with E-state index in [-0.39, 0.29) is 19.9 Å². The van der Waals surface area contributed by atoms with Gasteiger partial charge in [-0.25, -0.2) is 4.79 Å². The van der Waals surface area contributed by atoms with Crippen molar-refractivity contribution in [3.8, 4) is 0 Å². The summed E-state index contributed by atoms with van der Waals surface area (Å²) >= 11 is 0. The highest BCUT2D eigenvalue weighted by atomic mass is 32.2. The van der Waals surface area contributed by atoms with Gasteiger partial charge in [0.2, 0.25) is 0 Å². The first kappa shape index (κ1) is 30.0. The molecule has 5 nitrogen and oxygen atoms in total. The fourth-order valence-electron chi connectivity index (χ4n) is 1.74. The predicted octanol–water partition coefficient (Wildman–Crippen LogP) is 4.41. The van der Waals surface area contributed by atoms with Crippen LogP contribution in [0.1, 0.15) is 13.8 Å². The molecule has 0 fully saturated rings. The molecule has 190 valence electrons. The third-order valence-electron chi connectivity index (χ3n) is 3.58. The Morgan fingerprint density at radius 1 is 0.812 bits per heavy atom. The molecule has 0 aliphatic carbocycles. The van der Waals surface area contributed by atoms with Gasteiger partial charge < -0.3 is 4.74 Å². The van der Waals surface area contributed by atoms with Crippen LogP contribution in [-0.4, -0.2) is 67.5 Å². The average molecular weight is 525 g/mol. The maximum absolute atomic E-state index is 13.9. The minimum absolute atomic E-state index is 0.0807. The summed E-state index contributed by atoms with van der Waals surface area (Å²) in [4.78, 5) is 11.3. The molecule has 0 radical (unpaired) electrons. The number of rotatable bonds is 9. The molecule has 32 heavy (non-hydrogen) atoms. The summed E-state index contributed by atoms with van der Waals surface area (Å²) in [7, 11) is -7.32. The van der Waals surface area contributed by atoms with E-state index < -0.39 is 61.0 Å². The van der Waals surface area contributed by atoms with Crippen LogP contribution in [0.5, 0.6) is 0 Å². The maximum Gasteiger partial charge on any atom is 0.460 e. The number of hydrogen-bond donors (Lipinski definition) is 0. The van der Waals surface area contributed by atoms with Crippen LogP contribution in [0.4, 0.5) is 57.1 Å². The van der Waals surface area contributed by atoms with Gasteiger partial charge in [-0.1, -0.05) is 0 Å². The number of hydrogen-bond acceptors (Lipinski definition) is 4. The molecule has 0 aromatic rings. The van der Waals surface area contributed by atoms with Crippen molar-refractivity contribution < 1.29 is 75.0 Å². The monoisotopic (exact) mass is 525 g/mol. The first-order valence-electron chi connectivity index (χ1n) is 7.57. The SMILES string of the molecule is CCOC(=O)C(C)=CN(C)S(=O)(=O)C(F)(F)C(F)(F)C(F)(F)C(F)(F)C(F)(F)C(F)(F)F. The van der Waals surface area contributed by atoms with Gasteiger partial charge in [0.05, 0.1) is 12.2 Å². The molecule has 0 saturated carbocycles. The second-order valence-electron chi connectivity index (χ2n) is 5.87. The average Bonchev–Trinajstić information content (AvgIpc) is 2.59. The summed E-state index contributed by atoms with van der Waals surface area (Å²) in [5.41, 5.74) is -0.933. The molecule has 0 aliphatic rings. The molecule has 0 spiro atoms. The van der Waals surface area contributed by atoms with Gasteiger partial charge in [-0.2, -0.15) is 65.5 Å². The summed E-state index contributed by atoms with van der Waals surface area (Å²) in [6, 6.07) is 0. The molecule has 0 aliphatic heterocycles. The van der Waals surface area contributed by atoms with E-state index in [1.54, 1.807) is 0 Å². The lowest BCUT2D eigenvalue weighted by Gasteiger charge is -2.39. The molecule has 0 rings (SSSR count). The van der Waals surface area contributed by atoms with Gasteiger partial charge in [0.25, 0.3) is 0 Å². The smallest absolute Gasteiger partial charge is 0.460 e. The molecular formula is C13H12F13NO4S. The van der Waals surface area contributed by atoms with Crippen LogP contribution in [0.3, 0.4) is 0 Å². The first-order chi connectivity index (χ1) is 13.8. The highest BCUT2D eigenvalue weighted by Gasteiger charge is 2.92. The van der Waals surface area contributed by atoms with E-state index in [9.17, 15) is 70.3 Å². The number of sulfonamides is 1. The van der Waals surface area contributed by atoms with Gasteiger partial charge in [0, 0.05) is 13.2 Å². The highest BCUT2D eigenvalue weighted by Crippen LogP contribution is 2.61. The third-order valence-corrected chi connectivity index (χ3v) is 5.35. The van der Waals surface area contributed by atoms with Crippen molar-refractivity contribution in [1.29, 1.82) is 0 Å². The van der Waals surface area contributed by atoms with Crippen molar-refractivity contribution in [3.63, 3.8) is 0 Å². The van der Waals surface area contributed by atoms with Gasteiger partial charge >= 0.3 is 51.1 Å². The molecule has 0 aromatic heterocycles. The molecule has 0 saturated heterocycles. The molecule has 0 heterocycles. The number of nitrogens with zero attached hydrogens (tertiary/aromatic N) is 1. The summed E-state index contributed by atoms with van der Waals surface area (Å²) < 4.78 is 196. The Kier molecular flexibility index (Phi) is 7.92. The number of ether oxygens (including phenoxy) is 1. The number of carbonyl (C=O) groups excluding carboxylic acids is 1. The van der Waals surface area contributed by atoms with Crippen molar-refractivity contribution in [2.75, 3.05) is 13.7 Å². The van der Waals surface area contributed by atoms with Gasteiger partial charge in [0.15, 0.2) is 0 Å². The standard InChI is InChI=1S/C13H12F13NO4S/c1-4-31-7(28)6(2)5-27(3)32(29,30)13(25,26)11(20,21)9(16,17)8(14,15)10(18,19)12(22,23)24/h5H,4H2,1-3H3. The Hall–Kier alpha value is -1.95. The van der Waals surface area contributed by atoms with Crippen LogP contribution < -0.4 is 0 Å². The zero-order valence-electron chi connectivity index (χ0n) is 15.7. The Morgan fingerprint density at radius 3 is 1.53 bits per heavy atom. The molecule has 0 aromatic carbocycles. The van der Waals surface area contributed by atoms with Crippen molar-refractivity contribution >= 4 is 16.0 Å². The topological polar surface area (TPSA) is 63.7 Å². The van der Waals surface area contributed by atoms with Crippen LogP contribution >= 0.6 is 0 Å². The molecule has 0 bridgehead atoms. The number of halogens is 13. The summed E-state index contributed by atoms with van der Waals surface area (Å²) in [6.45, 7) is 1.48. The van der Waals surface area contributed by atoms with E-state index >= 15 is 0 Å². The lowest BCUT2D eigenvalue weighted by molar-refractivity contribution is -0.433. The van der Waals surface area contributed by atoms with Gasteiger partial charge in [-0.15, -0.1) is 0 Å². The second kappa shape index (κ2) is 8.44. The predicted molar refractivity (Wildman–Crippen MR) is 77.9 cm³/mol. The molecule has 0 amide bonds. The van der Waals surface area contributed by atoms with Gasteiger partial charge in [-0.3, -0.25) is 4.31 Å². The van der Waals surface area contributed by atoms with Crippen molar-refractivity contribution in [1.82, 2.24) is 4.31 Å². The fourth-order valence-corrected chi connectivity index (χ4v) is 2.85. The van der Waals surface area contributed by atoms with E-state index in [2.05, 4.69) is 4.74 Å². The zero-order valence-corrected chi connectivity index (χ0v) is 16.5. The van der Waals surface area contributed by atoms with Crippen molar-refractivity contribution in [3.05, 3.63) is 11.8 Å². The zero-order chi connectivity index (χ0) is 26.4. The van der Waals surface area contributed by atoms with Gasteiger partial charge in [-0.05, 0) is 13.8 Å². The number of alkyl halides is 13. The van der Waals surface area contributed by atoms with Crippen LogP contribution in [0.15, 0.2) is 11.8 Å². The Morgan fingerprint density at radius 2 is 1.19 bits per heavy atom. The van der Waals surface area contributed by atoms with Crippen LogP contribution in [0.25, 0.3) is 0 Å². The Bertz CT molecular complexity index is 848. The maximum atomic E-state index is 13.9. The highest BCUT2D eigenvalue weighted by molar-refractivity contribution is 7.90. The molecule has 0 unspecified atom stereocenters. The molecule has 19 heteroatoms. The summed E-state index contributed by atoms with van der Waals surface area (Å²) in [5, 5.41) is -7.39. The fraction of sp³-hybridized carbons (Fsp3) is 0.769. The lowest BCUT2D eigenvalue weighted by Crippen LogP contribution is -2.71. The third kappa shape index (κ3) is 4.30. The van der Waals surface area contributed by atoms with Crippen molar-refractivity contribution in [2.45, 2.75) is 49.0 Å². The van der Waals surface area contributed by atoms with Crippen molar-refractivity contribution in [2.24, 2.45) is 0 Å². The van der Waals surface area contributed by atoms with E-state index in [0.717, 1.165) is 0 Å². The van der Waals surface area contributed by atoms with E-state index in [0.29, 0.717) is 6.92 Å². The van der Waals surface area contributed by atoms with E-state index in [1.165, 1.54) is 6.92 Å². The molecule has 0 atom stereocenters. The van der Waals surface area contributed by atoms with E-state index in [1.807, 2.05) is 0 Å². The first-order valence-corrected chi connectivity index (χ1v) is 9.01. The minimum Gasteiger partial charge on any atom is -0.463 e. The number of esters is 1. The van der Waals surface area contributed by atoms with Crippen LogP contribution in [-0.2, 0) is 19.6 Å². The number of carbonyl (C=O) groups is 1. The lowest BCUT2D eigenvalue weighted by atomic mass is 9.98. The minimum atomic E-state index is -8.27. The normalized spacial score (nSPS) is 15.6. The summed E-state index contributed by atoms with van der Waals surface area (Å²) in [5.74, 6) is -34.0. The molecule has 0 N–H and O–H groups in total.